The highest BCUT2D eigenvalue weighted by Gasteiger charge is 2.48. The van der Waals surface area contributed by atoms with Gasteiger partial charge in [0.1, 0.15) is 5.75 Å². The normalized spacial score (nSPS) is 26.5. The molecule has 1 heterocycles. The number of nitrogens with zero attached hydrogens (tertiary/aromatic N) is 1. The van der Waals surface area contributed by atoms with Gasteiger partial charge in [-0.05, 0) is 30.7 Å². The lowest BCUT2D eigenvalue weighted by molar-refractivity contribution is -0.137. The molecule has 3 rings (SSSR count). The molecule has 0 spiro atoms. The third-order valence-electron chi connectivity index (χ3n) is 5.14. The topological polar surface area (TPSA) is 75.7 Å². The Bertz CT molecular complexity index is 861. The lowest BCUT2D eigenvalue weighted by Gasteiger charge is -2.35. The van der Waals surface area contributed by atoms with Crippen LogP contribution in [0.3, 0.4) is 0 Å². The van der Waals surface area contributed by atoms with Crippen molar-refractivity contribution in [2.45, 2.75) is 43.6 Å². The number of rotatable bonds is 6. The third kappa shape index (κ3) is 5.39. The van der Waals surface area contributed by atoms with Crippen LogP contribution in [-0.2, 0) is 14.8 Å². The van der Waals surface area contributed by atoms with E-state index in [1.165, 1.54) is 24.3 Å². The minimum Gasteiger partial charge on any atom is -0.493 e. The van der Waals surface area contributed by atoms with E-state index in [0.717, 1.165) is 11.2 Å². The number of hydrogen-bond acceptors (Lipinski definition) is 4. The van der Waals surface area contributed by atoms with E-state index in [2.05, 4.69) is 4.72 Å². The standard InChI is InChI=1S/C18H22F4N2O4S/c1-29(26,27)23-15-6-7-17(19,20)10-12(15)11-28-14-4-2-13(3-5-14)24-9-8-18(21,22)16(24)25/h2-5,12,15,23H,6-11H2,1H3/t12-,15+/m1/s1. The van der Waals surface area contributed by atoms with Crippen molar-refractivity contribution in [1.29, 1.82) is 0 Å². The molecule has 2 fully saturated rings. The second-order valence-electron chi connectivity index (χ2n) is 7.57. The van der Waals surface area contributed by atoms with Crippen LogP contribution in [0.15, 0.2) is 24.3 Å². The Labute approximate surface area is 166 Å². The summed E-state index contributed by atoms with van der Waals surface area (Å²) in [6, 6.07) is 5.14. The molecule has 0 radical (unpaired) electrons. The number of halogens is 4. The summed E-state index contributed by atoms with van der Waals surface area (Å²) in [5.74, 6) is -7.95. The summed E-state index contributed by atoms with van der Waals surface area (Å²) in [5, 5.41) is 0. The van der Waals surface area contributed by atoms with Gasteiger partial charge in [0.2, 0.25) is 15.9 Å². The average Bonchev–Trinajstić information content (AvgIpc) is 2.88. The number of alkyl halides is 4. The highest BCUT2D eigenvalue weighted by Crippen LogP contribution is 2.38. The van der Waals surface area contributed by atoms with Crippen LogP contribution in [0.2, 0.25) is 0 Å². The van der Waals surface area contributed by atoms with Crippen molar-refractivity contribution in [3.63, 3.8) is 0 Å². The molecule has 1 aliphatic carbocycles. The Balaban J connectivity index is 1.64. The van der Waals surface area contributed by atoms with Crippen LogP contribution in [0.5, 0.6) is 5.75 Å². The lowest BCUT2D eigenvalue weighted by atomic mass is 9.83. The van der Waals surface area contributed by atoms with Gasteiger partial charge in [-0.15, -0.1) is 0 Å². The van der Waals surface area contributed by atoms with Gasteiger partial charge in [0.05, 0.1) is 12.9 Å². The first-order valence-corrected chi connectivity index (χ1v) is 11.0. The minimum atomic E-state index is -3.56. The van der Waals surface area contributed by atoms with E-state index in [0.29, 0.717) is 11.4 Å². The van der Waals surface area contributed by atoms with E-state index >= 15 is 0 Å². The monoisotopic (exact) mass is 438 g/mol. The molecule has 1 saturated heterocycles. The van der Waals surface area contributed by atoms with Gasteiger partial charge in [0.15, 0.2) is 0 Å². The number of nitrogens with one attached hydrogen (secondary N) is 1. The third-order valence-corrected chi connectivity index (χ3v) is 5.87. The maximum absolute atomic E-state index is 13.8. The average molecular weight is 438 g/mol. The zero-order valence-electron chi connectivity index (χ0n) is 15.7. The van der Waals surface area contributed by atoms with E-state index in [-0.39, 0.29) is 19.6 Å². The van der Waals surface area contributed by atoms with Crippen LogP contribution in [0.4, 0.5) is 23.2 Å². The number of sulfonamides is 1. The van der Waals surface area contributed by atoms with Gasteiger partial charge in [-0.25, -0.2) is 21.9 Å². The molecule has 2 aliphatic rings. The van der Waals surface area contributed by atoms with Crippen molar-refractivity contribution < 1.29 is 35.5 Å². The van der Waals surface area contributed by atoms with Crippen LogP contribution in [-0.4, -0.2) is 51.6 Å². The number of anilines is 1. The fourth-order valence-electron chi connectivity index (χ4n) is 3.67. The first kappa shape index (κ1) is 21.8. The zero-order valence-corrected chi connectivity index (χ0v) is 16.5. The molecule has 1 aliphatic heterocycles. The highest BCUT2D eigenvalue weighted by atomic mass is 32.2. The summed E-state index contributed by atoms with van der Waals surface area (Å²) in [6.07, 6.45) is -0.484. The summed E-state index contributed by atoms with van der Waals surface area (Å²) in [5.41, 5.74) is 0.292. The number of ether oxygens (including phenoxy) is 1. The molecule has 6 nitrogen and oxygen atoms in total. The molecular weight excluding hydrogens is 416 g/mol. The van der Waals surface area contributed by atoms with Gasteiger partial charge in [-0.2, -0.15) is 8.78 Å². The van der Waals surface area contributed by atoms with Crippen LogP contribution in [0.1, 0.15) is 25.7 Å². The predicted octanol–water partition coefficient (Wildman–Crippen LogP) is 2.79. The van der Waals surface area contributed by atoms with Gasteiger partial charge in [-0.1, -0.05) is 0 Å². The van der Waals surface area contributed by atoms with Crippen molar-refractivity contribution >= 4 is 21.6 Å². The molecule has 29 heavy (non-hydrogen) atoms. The van der Waals surface area contributed by atoms with E-state index in [1.807, 2.05) is 0 Å². The molecule has 1 aromatic carbocycles. The van der Waals surface area contributed by atoms with Crippen LogP contribution in [0.25, 0.3) is 0 Å². The Hall–Kier alpha value is -1.88. The van der Waals surface area contributed by atoms with Crippen molar-refractivity contribution in [2.75, 3.05) is 24.3 Å². The van der Waals surface area contributed by atoms with Crippen molar-refractivity contribution in [2.24, 2.45) is 5.92 Å². The molecule has 1 saturated carbocycles. The van der Waals surface area contributed by atoms with Crippen molar-refractivity contribution in [3.05, 3.63) is 24.3 Å². The zero-order chi connectivity index (χ0) is 21.4. The summed E-state index contributed by atoms with van der Waals surface area (Å²) >= 11 is 0. The second kappa shape index (κ2) is 7.75. The lowest BCUT2D eigenvalue weighted by Crippen LogP contribution is -2.48. The summed E-state index contributed by atoms with van der Waals surface area (Å²) in [7, 11) is -3.56. The maximum Gasteiger partial charge on any atom is 0.326 e. The minimum absolute atomic E-state index is 0.00167. The smallest absolute Gasteiger partial charge is 0.326 e. The van der Waals surface area contributed by atoms with Crippen LogP contribution >= 0.6 is 0 Å². The maximum atomic E-state index is 13.8. The molecular formula is C18H22F4N2O4S. The Morgan fingerprint density at radius 2 is 1.83 bits per heavy atom. The summed E-state index contributed by atoms with van der Waals surface area (Å²) in [4.78, 5) is 12.7. The molecule has 1 amide bonds. The first-order valence-electron chi connectivity index (χ1n) is 9.14. The van der Waals surface area contributed by atoms with E-state index in [1.54, 1.807) is 0 Å². The number of carbonyl (C=O) groups excluding carboxylic acids is 1. The molecule has 1 aromatic rings. The van der Waals surface area contributed by atoms with Gasteiger partial charge in [0.25, 0.3) is 5.91 Å². The van der Waals surface area contributed by atoms with E-state index in [9.17, 15) is 30.8 Å². The molecule has 0 unspecified atom stereocenters. The summed E-state index contributed by atoms with van der Waals surface area (Å²) < 4.78 is 85.2. The highest BCUT2D eigenvalue weighted by molar-refractivity contribution is 7.88. The van der Waals surface area contributed by atoms with Crippen LogP contribution in [0, 0.1) is 5.92 Å². The molecule has 162 valence electrons. The SMILES string of the molecule is CS(=O)(=O)N[C@H]1CCC(F)(F)C[C@@H]1COc1ccc(N2CCC(F)(F)C2=O)cc1. The van der Waals surface area contributed by atoms with Gasteiger partial charge < -0.3 is 9.64 Å². The molecule has 11 heteroatoms. The Kier molecular flexibility index (Phi) is 5.83. The molecule has 2 atom stereocenters. The first-order chi connectivity index (χ1) is 13.4. The number of hydrogen-bond donors (Lipinski definition) is 1. The van der Waals surface area contributed by atoms with E-state index in [4.69, 9.17) is 4.74 Å². The second-order valence-corrected chi connectivity index (χ2v) is 9.35. The molecule has 0 aromatic heterocycles. The van der Waals surface area contributed by atoms with Crippen molar-refractivity contribution in [1.82, 2.24) is 4.72 Å². The number of carbonyl (C=O) groups is 1. The molecule has 1 N–H and O–H groups in total. The van der Waals surface area contributed by atoms with Gasteiger partial charge >= 0.3 is 5.92 Å². The van der Waals surface area contributed by atoms with Gasteiger partial charge in [-0.3, -0.25) is 4.79 Å². The summed E-state index contributed by atoms with van der Waals surface area (Å²) in [6.45, 7) is -0.231. The van der Waals surface area contributed by atoms with Crippen LogP contribution < -0.4 is 14.4 Å². The fourth-order valence-corrected chi connectivity index (χ4v) is 4.53. The number of benzene rings is 1. The Morgan fingerprint density at radius 3 is 2.38 bits per heavy atom. The quantitative estimate of drug-likeness (QED) is 0.693. The fraction of sp³-hybridized carbons (Fsp3) is 0.611. The van der Waals surface area contributed by atoms with Crippen molar-refractivity contribution in [3.8, 4) is 5.75 Å². The van der Waals surface area contributed by atoms with Gasteiger partial charge in [0, 0.05) is 43.5 Å². The van der Waals surface area contributed by atoms with E-state index < -0.39 is 59.0 Å². The Morgan fingerprint density at radius 1 is 1.17 bits per heavy atom. The molecule has 0 bridgehead atoms. The number of amides is 1. The largest absolute Gasteiger partial charge is 0.493 e. The predicted molar refractivity (Wildman–Crippen MR) is 97.9 cm³/mol.